The third-order valence-corrected chi connectivity index (χ3v) is 2.88. The molecular formula is C13H25NO4. The summed E-state index contributed by atoms with van der Waals surface area (Å²) in [5.74, 6) is -2.80. The summed E-state index contributed by atoms with van der Waals surface area (Å²) in [6, 6.07) is 0. The first-order chi connectivity index (χ1) is 8.51. The van der Waals surface area contributed by atoms with Crippen molar-refractivity contribution < 1.29 is 19.8 Å². The van der Waals surface area contributed by atoms with Crippen molar-refractivity contribution in [1.82, 2.24) is 4.90 Å². The van der Waals surface area contributed by atoms with E-state index in [0.717, 1.165) is 38.9 Å². The standard InChI is InChI=1S/C13H25NO4/c1-3-7-14(8-4-2)9-5-6-11(13(17)18)10-12(15)16/h11H,3-10H2,1-2H3,(H,15,16)(H,17,18). The topological polar surface area (TPSA) is 77.8 Å². The maximum atomic E-state index is 10.9. The first-order valence-corrected chi connectivity index (χ1v) is 6.68. The second-order valence-corrected chi connectivity index (χ2v) is 4.62. The molecule has 0 spiro atoms. The van der Waals surface area contributed by atoms with Crippen molar-refractivity contribution in [3.8, 4) is 0 Å². The minimum Gasteiger partial charge on any atom is -0.481 e. The molecule has 0 rings (SSSR count). The van der Waals surface area contributed by atoms with Gasteiger partial charge in [0.05, 0.1) is 12.3 Å². The first kappa shape index (κ1) is 16.9. The monoisotopic (exact) mass is 259 g/mol. The zero-order valence-corrected chi connectivity index (χ0v) is 11.4. The van der Waals surface area contributed by atoms with E-state index >= 15 is 0 Å². The van der Waals surface area contributed by atoms with Crippen molar-refractivity contribution in [1.29, 1.82) is 0 Å². The number of hydrogen-bond donors (Lipinski definition) is 2. The zero-order valence-electron chi connectivity index (χ0n) is 11.4. The molecule has 0 aliphatic rings. The van der Waals surface area contributed by atoms with Gasteiger partial charge in [-0.25, -0.2) is 0 Å². The predicted molar refractivity (Wildman–Crippen MR) is 69.6 cm³/mol. The summed E-state index contributed by atoms with van der Waals surface area (Å²) in [7, 11) is 0. The predicted octanol–water partition coefficient (Wildman–Crippen LogP) is 2.06. The van der Waals surface area contributed by atoms with Crippen LogP contribution in [-0.4, -0.2) is 46.7 Å². The summed E-state index contributed by atoms with van der Waals surface area (Å²) < 4.78 is 0. The highest BCUT2D eigenvalue weighted by Crippen LogP contribution is 2.12. The van der Waals surface area contributed by atoms with E-state index in [-0.39, 0.29) is 6.42 Å². The minimum atomic E-state index is -1.04. The van der Waals surface area contributed by atoms with Gasteiger partial charge in [0.25, 0.3) is 0 Å². The summed E-state index contributed by atoms with van der Waals surface area (Å²) in [6.07, 6.45) is 3.06. The smallest absolute Gasteiger partial charge is 0.307 e. The summed E-state index contributed by atoms with van der Waals surface area (Å²) in [5, 5.41) is 17.6. The molecule has 0 amide bonds. The highest BCUT2D eigenvalue weighted by atomic mass is 16.4. The molecule has 0 aromatic heterocycles. The van der Waals surface area contributed by atoms with E-state index in [4.69, 9.17) is 10.2 Å². The Morgan fingerprint density at radius 2 is 1.61 bits per heavy atom. The van der Waals surface area contributed by atoms with E-state index < -0.39 is 17.9 Å². The van der Waals surface area contributed by atoms with Gasteiger partial charge in [-0.05, 0) is 45.3 Å². The van der Waals surface area contributed by atoms with Gasteiger partial charge in [0, 0.05) is 0 Å². The molecule has 1 unspecified atom stereocenters. The molecule has 5 heteroatoms. The Bertz CT molecular complexity index is 249. The molecule has 18 heavy (non-hydrogen) atoms. The Kier molecular flexibility index (Phi) is 9.28. The number of rotatable bonds is 11. The first-order valence-electron chi connectivity index (χ1n) is 6.68. The lowest BCUT2D eigenvalue weighted by atomic mass is 9.99. The lowest BCUT2D eigenvalue weighted by molar-refractivity contribution is -0.148. The van der Waals surface area contributed by atoms with Gasteiger partial charge in [-0.3, -0.25) is 9.59 Å². The molecule has 0 aromatic carbocycles. The van der Waals surface area contributed by atoms with Gasteiger partial charge >= 0.3 is 11.9 Å². The molecule has 0 radical (unpaired) electrons. The van der Waals surface area contributed by atoms with Crippen LogP contribution in [0, 0.1) is 5.92 Å². The molecule has 0 aromatic rings. The van der Waals surface area contributed by atoms with E-state index in [1.807, 2.05) is 0 Å². The van der Waals surface area contributed by atoms with E-state index in [1.165, 1.54) is 0 Å². The van der Waals surface area contributed by atoms with E-state index in [2.05, 4.69) is 18.7 Å². The third kappa shape index (κ3) is 8.06. The Balaban J connectivity index is 4.02. The molecule has 0 saturated heterocycles. The molecule has 0 fully saturated rings. The molecule has 0 bridgehead atoms. The number of carbonyl (C=O) groups is 2. The molecule has 106 valence electrons. The Morgan fingerprint density at radius 3 is 2.00 bits per heavy atom. The van der Waals surface area contributed by atoms with Gasteiger partial charge in [0.15, 0.2) is 0 Å². The highest BCUT2D eigenvalue weighted by molar-refractivity contribution is 5.77. The molecular weight excluding hydrogens is 234 g/mol. The summed E-state index contributed by atoms with van der Waals surface area (Å²) in [5.41, 5.74) is 0. The third-order valence-electron chi connectivity index (χ3n) is 2.88. The SMILES string of the molecule is CCCN(CCC)CCCC(CC(=O)O)C(=O)O. The fourth-order valence-electron chi connectivity index (χ4n) is 2.05. The van der Waals surface area contributed by atoms with Gasteiger partial charge in [0.1, 0.15) is 0 Å². The highest BCUT2D eigenvalue weighted by Gasteiger charge is 2.20. The second kappa shape index (κ2) is 9.88. The van der Waals surface area contributed by atoms with Gasteiger partial charge in [0.2, 0.25) is 0 Å². The molecule has 0 heterocycles. The quantitative estimate of drug-likeness (QED) is 0.594. The number of carboxylic acids is 2. The molecule has 2 N–H and O–H groups in total. The van der Waals surface area contributed by atoms with Crippen molar-refractivity contribution in [3.05, 3.63) is 0 Å². The average Bonchev–Trinajstić information content (AvgIpc) is 2.27. The Labute approximate surface area is 109 Å². The number of carboxylic acid groups (broad SMARTS) is 2. The van der Waals surface area contributed by atoms with Crippen LogP contribution in [-0.2, 0) is 9.59 Å². The van der Waals surface area contributed by atoms with E-state index in [0.29, 0.717) is 6.42 Å². The zero-order chi connectivity index (χ0) is 14.0. The maximum Gasteiger partial charge on any atom is 0.307 e. The molecule has 0 saturated carbocycles. The van der Waals surface area contributed by atoms with E-state index in [1.54, 1.807) is 0 Å². The number of nitrogens with zero attached hydrogens (tertiary/aromatic N) is 1. The Morgan fingerprint density at radius 1 is 1.06 bits per heavy atom. The van der Waals surface area contributed by atoms with Gasteiger partial charge in [-0.2, -0.15) is 0 Å². The van der Waals surface area contributed by atoms with Crippen LogP contribution in [0.3, 0.4) is 0 Å². The minimum absolute atomic E-state index is 0.281. The fraction of sp³-hybridized carbons (Fsp3) is 0.846. The lowest BCUT2D eigenvalue weighted by Gasteiger charge is -2.21. The summed E-state index contributed by atoms with van der Waals surface area (Å²) in [4.78, 5) is 23.7. The Hall–Kier alpha value is -1.10. The van der Waals surface area contributed by atoms with Crippen molar-refractivity contribution in [2.24, 2.45) is 5.92 Å². The number of aliphatic carboxylic acids is 2. The summed E-state index contributed by atoms with van der Waals surface area (Å²) >= 11 is 0. The van der Waals surface area contributed by atoms with Crippen molar-refractivity contribution in [2.45, 2.75) is 46.0 Å². The molecule has 0 aliphatic heterocycles. The largest absolute Gasteiger partial charge is 0.481 e. The maximum absolute atomic E-state index is 10.9. The molecule has 1 atom stereocenters. The van der Waals surface area contributed by atoms with Gasteiger partial charge < -0.3 is 15.1 Å². The van der Waals surface area contributed by atoms with Crippen LogP contribution in [0.2, 0.25) is 0 Å². The van der Waals surface area contributed by atoms with Crippen molar-refractivity contribution >= 4 is 11.9 Å². The van der Waals surface area contributed by atoms with Crippen LogP contribution in [0.15, 0.2) is 0 Å². The van der Waals surface area contributed by atoms with Gasteiger partial charge in [-0.15, -0.1) is 0 Å². The summed E-state index contributed by atoms with van der Waals surface area (Å²) in [6.45, 7) is 7.13. The second-order valence-electron chi connectivity index (χ2n) is 4.62. The van der Waals surface area contributed by atoms with Crippen molar-refractivity contribution in [3.63, 3.8) is 0 Å². The number of hydrogen-bond acceptors (Lipinski definition) is 3. The molecule has 5 nitrogen and oxygen atoms in total. The average molecular weight is 259 g/mol. The van der Waals surface area contributed by atoms with Crippen LogP contribution in [0.4, 0.5) is 0 Å². The van der Waals surface area contributed by atoms with Crippen LogP contribution in [0.1, 0.15) is 46.0 Å². The lowest BCUT2D eigenvalue weighted by Crippen LogP contribution is -2.27. The van der Waals surface area contributed by atoms with Gasteiger partial charge in [-0.1, -0.05) is 13.8 Å². The van der Waals surface area contributed by atoms with Crippen LogP contribution in [0.5, 0.6) is 0 Å². The van der Waals surface area contributed by atoms with Crippen LogP contribution in [0.25, 0.3) is 0 Å². The van der Waals surface area contributed by atoms with Crippen LogP contribution < -0.4 is 0 Å². The molecule has 0 aliphatic carbocycles. The fourth-order valence-corrected chi connectivity index (χ4v) is 2.05. The van der Waals surface area contributed by atoms with E-state index in [9.17, 15) is 9.59 Å². The van der Waals surface area contributed by atoms with Crippen molar-refractivity contribution in [2.75, 3.05) is 19.6 Å². The normalized spacial score (nSPS) is 12.6. The van der Waals surface area contributed by atoms with Crippen LogP contribution >= 0.6 is 0 Å².